The summed E-state index contributed by atoms with van der Waals surface area (Å²) < 4.78 is 12.2. The number of carbonyl (C=O) groups excluding carboxylic acids is 2. The summed E-state index contributed by atoms with van der Waals surface area (Å²) in [7, 11) is 0. The number of hydrogen-bond donors (Lipinski definition) is 0. The largest absolute Gasteiger partial charge is 0.350 e. The van der Waals surface area contributed by atoms with Crippen molar-refractivity contribution in [1.82, 2.24) is 0 Å². The van der Waals surface area contributed by atoms with Gasteiger partial charge < -0.3 is 9.47 Å². The van der Waals surface area contributed by atoms with Crippen LogP contribution < -0.4 is 0 Å². The van der Waals surface area contributed by atoms with E-state index in [0.29, 0.717) is 45.3 Å². The zero-order valence-electron chi connectivity index (χ0n) is 17.0. The fraction of sp³-hybridized carbons (Fsp3) is 0.565. The molecule has 0 aliphatic rings. The highest BCUT2D eigenvalue weighted by atomic mass is 16.7. The van der Waals surface area contributed by atoms with Crippen molar-refractivity contribution >= 4 is 11.6 Å². The maximum absolute atomic E-state index is 11.4. The fourth-order valence-corrected chi connectivity index (χ4v) is 2.63. The molecular formula is C23H36O4. The zero-order valence-corrected chi connectivity index (χ0v) is 17.0. The summed E-state index contributed by atoms with van der Waals surface area (Å²) in [6.45, 7) is 17.7. The lowest BCUT2D eigenvalue weighted by atomic mass is 10.0. The Labute approximate surface area is 165 Å². The van der Waals surface area contributed by atoms with Gasteiger partial charge in [0.1, 0.15) is 0 Å². The summed E-state index contributed by atoms with van der Waals surface area (Å²) in [5.41, 5.74) is 0.993. The van der Waals surface area contributed by atoms with E-state index in [1.165, 1.54) is 12.2 Å². The van der Waals surface area contributed by atoms with Gasteiger partial charge in [-0.3, -0.25) is 9.59 Å². The average Bonchev–Trinajstić information content (AvgIpc) is 2.70. The van der Waals surface area contributed by atoms with E-state index in [-0.39, 0.29) is 11.6 Å². The van der Waals surface area contributed by atoms with E-state index in [1.807, 2.05) is 6.92 Å². The van der Waals surface area contributed by atoms with Crippen LogP contribution in [0.2, 0.25) is 0 Å². The molecule has 4 nitrogen and oxygen atoms in total. The van der Waals surface area contributed by atoms with Crippen LogP contribution in [0.5, 0.6) is 0 Å². The molecule has 27 heavy (non-hydrogen) atoms. The quantitative estimate of drug-likeness (QED) is 0.129. The molecule has 1 unspecified atom stereocenters. The molecule has 0 saturated carbocycles. The first-order valence-electron chi connectivity index (χ1n) is 9.81. The Morgan fingerprint density at radius 2 is 1.33 bits per heavy atom. The van der Waals surface area contributed by atoms with Crippen molar-refractivity contribution in [3.8, 4) is 0 Å². The van der Waals surface area contributed by atoms with Gasteiger partial charge in [-0.15, -0.1) is 0 Å². The van der Waals surface area contributed by atoms with Crippen LogP contribution in [0, 0.1) is 0 Å². The fourth-order valence-electron chi connectivity index (χ4n) is 2.63. The molecule has 0 aromatic carbocycles. The highest BCUT2D eigenvalue weighted by molar-refractivity contribution is 5.89. The first-order chi connectivity index (χ1) is 12.9. The smallest absolute Gasteiger partial charge is 0.168 e. The molecule has 0 amide bonds. The van der Waals surface area contributed by atoms with Crippen LogP contribution in [0.25, 0.3) is 0 Å². The molecular weight excluding hydrogens is 340 g/mol. The minimum atomic E-state index is -0.677. The second-order valence-corrected chi connectivity index (χ2v) is 6.58. The van der Waals surface area contributed by atoms with Crippen molar-refractivity contribution in [2.45, 2.75) is 70.5 Å². The third kappa shape index (κ3) is 12.3. The SMILES string of the molecule is C=CC(=C)CCCOC(CC)(CCCCC(=O)C=C)OCCCC(=O)C=C. The van der Waals surface area contributed by atoms with Crippen molar-refractivity contribution < 1.29 is 19.1 Å². The molecule has 0 rings (SSSR count). The number of carbonyl (C=O) groups is 2. The summed E-state index contributed by atoms with van der Waals surface area (Å²) >= 11 is 0. The molecule has 4 heteroatoms. The van der Waals surface area contributed by atoms with Crippen molar-refractivity contribution in [1.29, 1.82) is 0 Å². The number of hydrogen-bond acceptors (Lipinski definition) is 4. The lowest BCUT2D eigenvalue weighted by molar-refractivity contribution is -0.244. The minimum Gasteiger partial charge on any atom is -0.350 e. The van der Waals surface area contributed by atoms with Crippen LogP contribution >= 0.6 is 0 Å². The molecule has 0 radical (unpaired) electrons. The van der Waals surface area contributed by atoms with Gasteiger partial charge in [-0.05, 0) is 50.7 Å². The van der Waals surface area contributed by atoms with Gasteiger partial charge >= 0.3 is 0 Å². The summed E-state index contributed by atoms with van der Waals surface area (Å²) in [5.74, 6) is -0.596. The molecule has 152 valence electrons. The van der Waals surface area contributed by atoms with Gasteiger partial charge in [0, 0.05) is 19.3 Å². The Balaban J connectivity index is 4.59. The molecule has 0 saturated heterocycles. The monoisotopic (exact) mass is 376 g/mol. The molecule has 1 atom stereocenters. The molecule has 0 spiro atoms. The maximum atomic E-state index is 11.4. The third-order valence-electron chi connectivity index (χ3n) is 4.45. The van der Waals surface area contributed by atoms with E-state index < -0.39 is 5.79 Å². The molecule has 0 fully saturated rings. The number of allylic oxidation sites excluding steroid dienone is 4. The van der Waals surface area contributed by atoms with E-state index in [0.717, 1.165) is 31.3 Å². The van der Waals surface area contributed by atoms with Gasteiger partial charge in [0.05, 0.1) is 13.2 Å². The molecule has 0 aliphatic carbocycles. The first-order valence-corrected chi connectivity index (χ1v) is 9.81. The van der Waals surface area contributed by atoms with Crippen molar-refractivity contribution in [3.05, 3.63) is 50.1 Å². The van der Waals surface area contributed by atoms with Crippen LogP contribution in [0.1, 0.15) is 64.7 Å². The number of unbranched alkanes of at least 4 members (excludes halogenated alkanes) is 1. The highest BCUT2D eigenvalue weighted by Gasteiger charge is 2.29. The Bertz CT molecular complexity index is 435. The van der Waals surface area contributed by atoms with E-state index in [9.17, 15) is 9.59 Å². The summed E-state index contributed by atoms with van der Waals surface area (Å²) in [4.78, 5) is 22.7. The predicted octanol–water partition coefficient (Wildman–Crippen LogP) is 5.50. The number of ether oxygens (including phenoxy) is 2. The molecule has 0 N–H and O–H groups in total. The normalized spacial score (nSPS) is 12.8. The summed E-state index contributed by atoms with van der Waals surface area (Å²) in [6.07, 6.45) is 10.7. The zero-order chi connectivity index (χ0) is 20.5. The molecule has 0 aromatic rings. The van der Waals surface area contributed by atoms with Crippen molar-refractivity contribution in [2.24, 2.45) is 0 Å². The number of ketones is 2. The maximum Gasteiger partial charge on any atom is 0.168 e. The van der Waals surface area contributed by atoms with E-state index >= 15 is 0 Å². The Morgan fingerprint density at radius 3 is 1.81 bits per heavy atom. The van der Waals surface area contributed by atoms with E-state index in [4.69, 9.17) is 9.47 Å². The molecule has 0 aromatic heterocycles. The highest BCUT2D eigenvalue weighted by Crippen LogP contribution is 2.27. The number of rotatable bonds is 19. The lowest BCUT2D eigenvalue weighted by Gasteiger charge is -2.33. The van der Waals surface area contributed by atoms with Gasteiger partial charge in [0.2, 0.25) is 0 Å². The standard InChI is InChI=1S/C23H36O4/c1-6-20(5)14-12-18-26-23(9-4,17-11-10-15-21(24)7-2)27-19-13-16-22(25)8-3/h6-8H,1-3,5,9-19H2,4H3. The van der Waals surface area contributed by atoms with Crippen LogP contribution in [0.3, 0.4) is 0 Å². The average molecular weight is 377 g/mol. The van der Waals surface area contributed by atoms with E-state index in [1.54, 1.807) is 6.08 Å². The van der Waals surface area contributed by atoms with Crippen molar-refractivity contribution in [2.75, 3.05) is 13.2 Å². The Morgan fingerprint density at radius 1 is 0.815 bits per heavy atom. The minimum absolute atomic E-state index is 0.0208. The van der Waals surface area contributed by atoms with Crippen LogP contribution in [0.15, 0.2) is 50.1 Å². The van der Waals surface area contributed by atoms with Crippen LogP contribution in [-0.4, -0.2) is 30.6 Å². The van der Waals surface area contributed by atoms with Crippen LogP contribution in [-0.2, 0) is 19.1 Å². The second kappa shape index (κ2) is 15.3. The molecule has 0 heterocycles. The van der Waals surface area contributed by atoms with E-state index in [2.05, 4.69) is 26.3 Å². The summed E-state index contributed by atoms with van der Waals surface area (Å²) in [6, 6.07) is 0. The topological polar surface area (TPSA) is 52.6 Å². The van der Waals surface area contributed by atoms with Gasteiger partial charge in [0.15, 0.2) is 17.4 Å². The second-order valence-electron chi connectivity index (χ2n) is 6.58. The van der Waals surface area contributed by atoms with Gasteiger partial charge in [0.25, 0.3) is 0 Å². The van der Waals surface area contributed by atoms with Gasteiger partial charge in [-0.1, -0.05) is 44.9 Å². The first kappa shape index (κ1) is 25.2. The summed E-state index contributed by atoms with van der Waals surface area (Å²) in [5, 5.41) is 0. The van der Waals surface area contributed by atoms with Crippen LogP contribution in [0.4, 0.5) is 0 Å². The lowest BCUT2D eigenvalue weighted by Crippen LogP contribution is -2.36. The van der Waals surface area contributed by atoms with Gasteiger partial charge in [-0.2, -0.15) is 0 Å². The molecule has 0 aliphatic heterocycles. The Kier molecular flexibility index (Phi) is 14.3. The third-order valence-corrected chi connectivity index (χ3v) is 4.45. The predicted molar refractivity (Wildman–Crippen MR) is 112 cm³/mol. The van der Waals surface area contributed by atoms with Gasteiger partial charge in [-0.25, -0.2) is 0 Å². The Hall–Kier alpha value is -1.78. The molecule has 0 bridgehead atoms. The van der Waals surface area contributed by atoms with Crippen molar-refractivity contribution in [3.63, 3.8) is 0 Å².